The lowest BCUT2D eigenvalue weighted by atomic mass is 10.3. The molecule has 2 N–H and O–H groups in total. The fourth-order valence-electron chi connectivity index (χ4n) is 0.830. The summed E-state index contributed by atoms with van der Waals surface area (Å²) in [5.41, 5.74) is 5.90. The number of halogens is 2. The van der Waals surface area contributed by atoms with E-state index in [9.17, 15) is 0 Å². The SMILES string of the molecule is Nc1noc(-c2cc(Cl)sc2Cl)n1. The van der Waals surface area contributed by atoms with Crippen molar-refractivity contribution in [3.05, 3.63) is 14.7 Å². The summed E-state index contributed by atoms with van der Waals surface area (Å²) < 4.78 is 5.90. The highest BCUT2D eigenvalue weighted by atomic mass is 35.5. The van der Waals surface area contributed by atoms with Crippen LogP contribution in [0.1, 0.15) is 0 Å². The number of nitrogens with two attached hydrogens (primary N) is 1. The quantitative estimate of drug-likeness (QED) is 0.826. The van der Waals surface area contributed by atoms with E-state index in [-0.39, 0.29) is 11.8 Å². The van der Waals surface area contributed by atoms with E-state index in [2.05, 4.69) is 10.1 Å². The van der Waals surface area contributed by atoms with Gasteiger partial charge in [-0.2, -0.15) is 4.98 Å². The van der Waals surface area contributed by atoms with E-state index < -0.39 is 0 Å². The van der Waals surface area contributed by atoms with Crippen LogP contribution in [0.3, 0.4) is 0 Å². The average molecular weight is 236 g/mol. The highest BCUT2D eigenvalue weighted by Crippen LogP contribution is 2.37. The Balaban J connectivity index is 2.51. The Bertz CT molecular complexity index is 439. The minimum absolute atomic E-state index is 0.0772. The fourth-order valence-corrected chi connectivity index (χ4v) is 2.28. The molecule has 0 spiro atoms. The molecule has 0 atom stereocenters. The van der Waals surface area contributed by atoms with Crippen LogP contribution in [0.15, 0.2) is 10.6 Å². The van der Waals surface area contributed by atoms with Gasteiger partial charge in [-0.25, -0.2) is 0 Å². The Morgan fingerprint density at radius 2 is 2.23 bits per heavy atom. The van der Waals surface area contributed by atoms with Gasteiger partial charge in [0.1, 0.15) is 4.34 Å². The molecule has 13 heavy (non-hydrogen) atoms. The maximum atomic E-state index is 5.85. The molecule has 2 heterocycles. The number of rotatable bonds is 1. The van der Waals surface area contributed by atoms with Crippen molar-refractivity contribution < 1.29 is 4.52 Å². The van der Waals surface area contributed by atoms with Gasteiger partial charge in [0.15, 0.2) is 0 Å². The van der Waals surface area contributed by atoms with Crippen LogP contribution in [0.25, 0.3) is 11.5 Å². The number of anilines is 1. The second kappa shape index (κ2) is 3.17. The molecule has 7 heteroatoms. The number of hydrogen-bond donors (Lipinski definition) is 1. The molecular weight excluding hydrogens is 233 g/mol. The molecule has 68 valence electrons. The molecule has 0 aliphatic heterocycles. The summed E-state index contributed by atoms with van der Waals surface area (Å²) in [6, 6.07) is 1.65. The van der Waals surface area contributed by atoms with Gasteiger partial charge in [-0.15, -0.1) is 11.3 Å². The molecule has 2 aromatic heterocycles. The zero-order valence-electron chi connectivity index (χ0n) is 6.12. The van der Waals surface area contributed by atoms with Crippen LogP contribution < -0.4 is 5.73 Å². The molecule has 0 saturated heterocycles. The van der Waals surface area contributed by atoms with Crippen LogP contribution in [0.2, 0.25) is 8.67 Å². The molecule has 0 aliphatic carbocycles. The van der Waals surface area contributed by atoms with Crippen molar-refractivity contribution in [1.82, 2.24) is 10.1 Å². The molecule has 0 fully saturated rings. The molecular formula is C6H3Cl2N3OS. The number of thiophene rings is 1. The molecule has 0 amide bonds. The Kier molecular flexibility index (Phi) is 2.15. The zero-order valence-corrected chi connectivity index (χ0v) is 8.45. The largest absolute Gasteiger partial charge is 0.365 e. The molecule has 0 aliphatic rings. The summed E-state index contributed by atoms with van der Waals surface area (Å²) in [6.45, 7) is 0. The summed E-state index contributed by atoms with van der Waals surface area (Å²) in [6.07, 6.45) is 0. The van der Waals surface area contributed by atoms with Gasteiger partial charge in [0.2, 0.25) is 0 Å². The van der Waals surface area contributed by atoms with Gasteiger partial charge >= 0.3 is 0 Å². The zero-order chi connectivity index (χ0) is 9.42. The maximum Gasteiger partial charge on any atom is 0.261 e. The van der Waals surface area contributed by atoms with Crippen molar-refractivity contribution in [3.8, 4) is 11.5 Å². The fraction of sp³-hybridized carbons (Fsp3) is 0. The summed E-state index contributed by atoms with van der Waals surface area (Å²) >= 11 is 12.8. The van der Waals surface area contributed by atoms with E-state index >= 15 is 0 Å². The summed E-state index contributed by atoms with van der Waals surface area (Å²) in [7, 11) is 0. The van der Waals surface area contributed by atoms with Gasteiger partial charge in [-0.05, 0) is 11.2 Å². The highest BCUT2D eigenvalue weighted by Gasteiger charge is 2.13. The van der Waals surface area contributed by atoms with Crippen molar-refractivity contribution in [1.29, 1.82) is 0 Å². The van der Waals surface area contributed by atoms with E-state index in [0.29, 0.717) is 14.2 Å². The standard InChI is InChI=1S/C6H3Cl2N3OS/c7-3-1-2(4(8)13-3)5-10-6(9)11-12-5/h1H,(H2,9,11). The number of hydrogen-bond acceptors (Lipinski definition) is 5. The Labute approximate surface area is 87.3 Å². The molecule has 0 unspecified atom stereocenters. The first kappa shape index (κ1) is 8.80. The Morgan fingerprint density at radius 3 is 2.69 bits per heavy atom. The first-order valence-electron chi connectivity index (χ1n) is 3.21. The molecule has 4 nitrogen and oxygen atoms in total. The van der Waals surface area contributed by atoms with E-state index in [0.717, 1.165) is 0 Å². The van der Waals surface area contributed by atoms with Crippen molar-refractivity contribution in [2.75, 3.05) is 5.73 Å². The predicted molar refractivity (Wildman–Crippen MR) is 52.0 cm³/mol. The Morgan fingerprint density at radius 1 is 1.46 bits per heavy atom. The van der Waals surface area contributed by atoms with E-state index in [1.54, 1.807) is 6.07 Å². The number of nitrogen functional groups attached to an aromatic ring is 1. The van der Waals surface area contributed by atoms with Crippen molar-refractivity contribution in [2.24, 2.45) is 0 Å². The molecule has 2 aromatic rings. The van der Waals surface area contributed by atoms with Gasteiger partial charge in [0.05, 0.1) is 9.90 Å². The van der Waals surface area contributed by atoms with Crippen LogP contribution >= 0.6 is 34.5 Å². The minimum atomic E-state index is 0.0772. The van der Waals surface area contributed by atoms with E-state index in [1.807, 2.05) is 0 Å². The predicted octanol–water partition coefficient (Wildman–Crippen LogP) is 2.69. The van der Waals surface area contributed by atoms with Crippen LogP contribution in [0.5, 0.6) is 0 Å². The normalized spacial score (nSPS) is 10.6. The van der Waals surface area contributed by atoms with Crippen molar-refractivity contribution in [3.63, 3.8) is 0 Å². The number of aromatic nitrogens is 2. The van der Waals surface area contributed by atoms with E-state index in [1.165, 1.54) is 11.3 Å². The topological polar surface area (TPSA) is 64.9 Å². The van der Waals surface area contributed by atoms with E-state index in [4.69, 9.17) is 33.5 Å². The van der Waals surface area contributed by atoms with Gasteiger partial charge in [0.25, 0.3) is 11.8 Å². The molecule has 0 radical (unpaired) electrons. The van der Waals surface area contributed by atoms with Crippen LogP contribution in [-0.4, -0.2) is 10.1 Å². The number of nitrogens with zero attached hydrogens (tertiary/aromatic N) is 2. The van der Waals surface area contributed by atoms with Crippen LogP contribution in [-0.2, 0) is 0 Å². The summed E-state index contributed by atoms with van der Waals surface area (Å²) in [4.78, 5) is 3.82. The first-order chi connectivity index (χ1) is 6.16. The maximum absolute atomic E-state index is 5.85. The van der Waals surface area contributed by atoms with Gasteiger partial charge in [0, 0.05) is 0 Å². The van der Waals surface area contributed by atoms with Crippen LogP contribution in [0.4, 0.5) is 5.95 Å². The highest BCUT2D eigenvalue weighted by molar-refractivity contribution is 7.20. The molecule has 0 bridgehead atoms. The third-order valence-electron chi connectivity index (χ3n) is 1.33. The minimum Gasteiger partial charge on any atom is -0.365 e. The second-order valence-electron chi connectivity index (χ2n) is 2.20. The lowest BCUT2D eigenvalue weighted by Crippen LogP contribution is -1.85. The second-order valence-corrected chi connectivity index (χ2v) is 4.48. The molecule has 2 rings (SSSR count). The lowest BCUT2D eigenvalue weighted by Gasteiger charge is -1.85. The van der Waals surface area contributed by atoms with Crippen LogP contribution in [0, 0.1) is 0 Å². The average Bonchev–Trinajstić information content (AvgIpc) is 2.58. The van der Waals surface area contributed by atoms with Crippen molar-refractivity contribution in [2.45, 2.75) is 0 Å². The summed E-state index contributed by atoms with van der Waals surface area (Å²) in [5.74, 6) is 0.360. The Hall–Kier alpha value is -0.780. The summed E-state index contributed by atoms with van der Waals surface area (Å²) in [5, 5.41) is 3.44. The van der Waals surface area contributed by atoms with Crippen molar-refractivity contribution >= 4 is 40.5 Å². The molecule has 0 aromatic carbocycles. The van der Waals surface area contributed by atoms with Gasteiger partial charge in [-0.3, -0.25) is 0 Å². The van der Waals surface area contributed by atoms with Gasteiger partial charge in [-0.1, -0.05) is 23.2 Å². The lowest BCUT2D eigenvalue weighted by molar-refractivity contribution is 0.433. The smallest absolute Gasteiger partial charge is 0.261 e. The molecule has 0 saturated carbocycles. The van der Waals surface area contributed by atoms with Gasteiger partial charge < -0.3 is 10.3 Å². The third-order valence-corrected chi connectivity index (χ3v) is 2.82. The monoisotopic (exact) mass is 235 g/mol. The first-order valence-corrected chi connectivity index (χ1v) is 4.78. The third kappa shape index (κ3) is 1.63.